The van der Waals surface area contributed by atoms with Gasteiger partial charge < -0.3 is 27.0 Å². The lowest BCUT2D eigenvalue weighted by molar-refractivity contribution is 0.0607. The zero-order chi connectivity index (χ0) is 20.8. The first-order chi connectivity index (χ1) is 13.0. The summed E-state index contributed by atoms with van der Waals surface area (Å²) >= 11 is 0. The molecule has 0 rings (SSSR count). The van der Waals surface area contributed by atoms with Crippen molar-refractivity contribution in [2.45, 2.75) is 73.0 Å². The van der Waals surface area contributed by atoms with E-state index in [1.165, 1.54) is 0 Å². The third kappa shape index (κ3) is 8.22. The first-order valence-electron chi connectivity index (χ1n) is 10.9. The molecule has 164 valence electrons. The van der Waals surface area contributed by atoms with Crippen LogP contribution in [0.1, 0.15) is 61.8 Å². The van der Waals surface area contributed by atoms with Crippen molar-refractivity contribution < 1.29 is 22.1 Å². The van der Waals surface area contributed by atoms with Gasteiger partial charge in [-0.3, -0.25) is 0 Å². The topological polar surface area (TPSA) is 49.4 Å². The molecule has 1 unspecified atom stereocenters. The van der Waals surface area contributed by atoms with E-state index < -0.39 is 17.4 Å². The molecule has 0 aromatic rings. The summed E-state index contributed by atoms with van der Waals surface area (Å²) in [6.07, 6.45) is 1.05. The summed E-state index contributed by atoms with van der Waals surface area (Å²) in [4.78, 5) is 2.44. The van der Waals surface area contributed by atoms with Crippen LogP contribution in [-0.2, 0) is 22.1 Å². The summed E-state index contributed by atoms with van der Waals surface area (Å²) in [7, 11) is -5.48. The molecule has 0 radical (unpaired) electrons. The van der Waals surface area contributed by atoms with Gasteiger partial charge in [-0.15, -0.1) is 0 Å². The van der Waals surface area contributed by atoms with Crippen LogP contribution in [0.25, 0.3) is 0 Å². The number of nitrogens with zero attached hydrogens (tertiary/aromatic N) is 1. The third-order valence-corrected chi connectivity index (χ3v) is 14.3. The molecule has 0 aromatic heterocycles. The molecule has 1 atom stereocenters. The Balaban J connectivity index is 5.68. The average Bonchev–Trinajstić information content (AvgIpc) is 2.65. The van der Waals surface area contributed by atoms with Gasteiger partial charge in [0.1, 0.15) is 0 Å². The van der Waals surface area contributed by atoms with E-state index in [-0.39, 0.29) is 5.16 Å². The fraction of sp³-hybridized carbons (Fsp3) is 1.00. The molecular formula is C19H45NO5Si2. The van der Waals surface area contributed by atoms with Crippen LogP contribution in [0, 0.1) is 0 Å². The summed E-state index contributed by atoms with van der Waals surface area (Å²) in [5, 5.41) is 0.0152. The molecule has 0 spiro atoms. The molecule has 0 aromatic carbocycles. The van der Waals surface area contributed by atoms with Crippen LogP contribution in [-0.4, -0.2) is 74.9 Å². The Kier molecular flexibility index (Phi) is 15.2. The van der Waals surface area contributed by atoms with Crippen molar-refractivity contribution in [3.8, 4) is 0 Å². The van der Waals surface area contributed by atoms with E-state index in [0.29, 0.717) is 33.0 Å². The van der Waals surface area contributed by atoms with Gasteiger partial charge in [0.2, 0.25) is 0 Å². The predicted octanol–water partition coefficient (Wildman–Crippen LogP) is 4.21. The maximum Gasteiger partial charge on any atom is 0.505 e. The van der Waals surface area contributed by atoms with Gasteiger partial charge in [0.25, 0.3) is 0 Å². The Morgan fingerprint density at radius 3 is 1.41 bits per heavy atom. The molecule has 0 heterocycles. The third-order valence-electron chi connectivity index (χ3n) is 4.90. The highest BCUT2D eigenvalue weighted by molar-refractivity contribution is 6.85. The fourth-order valence-corrected chi connectivity index (χ4v) is 12.6. The van der Waals surface area contributed by atoms with Crippen molar-refractivity contribution in [2.75, 3.05) is 52.7 Å². The van der Waals surface area contributed by atoms with Crippen LogP contribution in [0.15, 0.2) is 0 Å². The SMILES string of the molecule is CCO[Si](CCCN(CC)CC)(OCC)C(C)[Si](OCC)(OCC)OCC. The van der Waals surface area contributed by atoms with Crippen molar-refractivity contribution in [1.82, 2.24) is 4.90 Å². The number of hydrogen-bond acceptors (Lipinski definition) is 6. The van der Waals surface area contributed by atoms with Crippen molar-refractivity contribution in [2.24, 2.45) is 0 Å². The zero-order valence-electron chi connectivity index (χ0n) is 19.1. The normalized spacial score (nSPS) is 14.1. The second kappa shape index (κ2) is 15.1. The summed E-state index contributed by atoms with van der Waals surface area (Å²) in [6, 6.07) is 0.925. The molecule has 27 heavy (non-hydrogen) atoms. The summed E-state index contributed by atoms with van der Waals surface area (Å²) in [5.74, 6) is 0. The lowest BCUT2D eigenvalue weighted by Crippen LogP contribution is -2.62. The van der Waals surface area contributed by atoms with Crippen LogP contribution in [0.3, 0.4) is 0 Å². The van der Waals surface area contributed by atoms with E-state index in [9.17, 15) is 0 Å². The lowest BCUT2D eigenvalue weighted by Gasteiger charge is -2.42. The van der Waals surface area contributed by atoms with E-state index in [4.69, 9.17) is 22.1 Å². The minimum Gasteiger partial charge on any atom is -0.394 e. The van der Waals surface area contributed by atoms with E-state index in [1.807, 2.05) is 34.6 Å². The predicted molar refractivity (Wildman–Crippen MR) is 116 cm³/mol. The molecule has 0 N–H and O–H groups in total. The van der Waals surface area contributed by atoms with Gasteiger partial charge in [-0.2, -0.15) is 0 Å². The Bertz CT molecular complexity index is 336. The minimum absolute atomic E-state index is 0.0152. The second-order valence-electron chi connectivity index (χ2n) is 6.43. The first kappa shape index (κ1) is 27.2. The Hall–Kier alpha value is 0.194. The van der Waals surface area contributed by atoms with Crippen LogP contribution in [0.4, 0.5) is 0 Å². The van der Waals surface area contributed by atoms with Crippen LogP contribution in [0.5, 0.6) is 0 Å². The molecule has 0 bridgehead atoms. The van der Waals surface area contributed by atoms with Crippen LogP contribution in [0.2, 0.25) is 11.2 Å². The Morgan fingerprint density at radius 1 is 0.667 bits per heavy atom. The zero-order valence-corrected chi connectivity index (χ0v) is 21.1. The van der Waals surface area contributed by atoms with Crippen molar-refractivity contribution in [1.29, 1.82) is 0 Å². The van der Waals surface area contributed by atoms with Gasteiger partial charge >= 0.3 is 17.4 Å². The highest BCUT2D eigenvalue weighted by atomic mass is 28.4. The van der Waals surface area contributed by atoms with Crippen molar-refractivity contribution >= 4 is 17.4 Å². The lowest BCUT2D eigenvalue weighted by atomic mass is 10.4. The van der Waals surface area contributed by atoms with E-state index in [0.717, 1.165) is 32.1 Å². The van der Waals surface area contributed by atoms with Crippen molar-refractivity contribution in [3.05, 3.63) is 0 Å². The first-order valence-corrected chi connectivity index (χ1v) is 14.8. The van der Waals surface area contributed by atoms with E-state index >= 15 is 0 Å². The monoisotopic (exact) mass is 423 g/mol. The van der Waals surface area contributed by atoms with Gasteiger partial charge in [0.15, 0.2) is 0 Å². The van der Waals surface area contributed by atoms with Crippen LogP contribution < -0.4 is 0 Å². The molecule has 0 aliphatic rings. The minimum atomic E-state index is -2.90. The highest BCUT2D eigenvalue weighted by Gasteiger charge is 2.60. The smallest absolute Gasteiger partial charge is 0.394 e. The van der Waals surface area contributed by atoms with E-state index in [2.05, 4.69) is 25.7 Å². The van der Waals surface area contributed by atoms with Gasteiger partial charge in [0, 0.05) is 33.0 Å². The molecule has 0 aliphatic heterocycles. The molecular weight excluding hydrogens is 378 g/mol. The standard InChI is InChI=1S/C19H45NO5Si2/c1-9-20(10-2)17-16-18-26(21-11-3,22-12-4)19(8)27(23-13-5,24-14-6)25-15-7/h19H,9-18H2,1-8H3. The maximum absolute atomic E-state index is 6.42. The van der Waals surface area contributed by atoms with Crippen LogP contribution >= 0.6 is 0 Å². The summed E-state index contributed by atoms with van der Waals surface area (Å²) < 4.78 is 31.4. The molecule has 6 nitrogen and oxygen atoms in total. The van der Waals surface area contributed by atoms with Crippen molar-refractivity contribution in [3.63, 3.8) is 0 Å². The van der Waals surface area contributed by atoms with E-state index in [1.54, 1.807) is 0 Å². The number of hydrogen-bond donors (Lipinski definition) is 0. The Labute approximate surface area is 170 Å². The molecule has 0 fully saturated rings. The molecule has 0 saturated heterocycles. The van der Waals surface area contributed by atoms with Gasteiger partial charge in [-0.1, -0.05) is 20.8 Å². The summed E-state index contributed by atoms with van der Waals surface area (Å²) in [5.41, 5.74) is 0. The Morgan fingerprint density at radius 2 is 1.07 bits per heavy atom. The summed E-state index contributed by atoms with van der Waals surface area (Å²) in [6.45, 7) is 22.8. The molecule has 0 amide bonds. The molecule has 0 saturated carbocycles. The van der Waals surface area contributed by atoms with Gasteiger partial charge in [0.05, 0.1) is 5.16 Å². The fourth-order valence-electron chi connectivity index (χ4n) is 3.60. The van der Waals surface area contributed by atoms with Gasteiger partial charge in [-0.05, 0) is 66.7 Å². The quantitative estimate of drug-likeness (QED) is 0.308. The highest BCUT2D eigenvalue weighted by Crippen LogP contribution is 2.39. The average molecular weight is 424 g/mol. The maximum atomic E-state index is 6.42. The largest absolute Gasteiger partial charge is 0.505 e. The molecule has 8 heteroatoms. The molecule has 0 aliphatic carbocycles. The van der Waals surface area contributed by atoms with Gasteiger partial charge in [-0.25, -0.2) is 0 Å². The number of rotatable bonds is 18. The second-order valence-corrected chi connectivity index (χ2v) is 13.5.